The number of amides is 2. The monoisotopic (exact) mass is 334 g/mol. The van der Waals surface area contributed by atoms with Crippen LogP contribution in [0.25, 0.3) is 0 Å². The summed E-state index contributed by atoms with van der Waals surface area (Å²) in [6.07, 6.45) is 2.56. The van der Waals surface area contributed by atoms with E-state index in [-0.39, 0.29) is 17.7 Å². The third-order valence-corrected chi connectivity index (χ3v) is 4.50. The normalized spacial score (nSPS) is 15.0. The smallest absolute Gasteiger partial charge is 0.222 e. The topological polar surface area (TPSA) is 67.9 Å². The minimum Gasteiger partial charge on any atom is -0.497 e. The number of hydrogen-bond acceptors (Lipinski definition) is 4. The lowest BCUT2D eigenvalue weighted by Crippen LogP contribution is -2.42. The van der Waals surface area contributed by atoms with Gasteiger partial charge in [-0.3, -0.25) is 9.59 Å². The fraction of sp³-hybridized carbons (Fsp3) is 0.556. The molecule has 1 aromatic rings. The second kappa shape index (κ2) is 8.57. The Hall–Kier alpha value is -2.24. The van der Waals surface area contributed by atoms with Crippen molar-refractivity contribution in [2.75, 3.05) is 34.4 Å². The molecule has 1 saturated heterocycles. The summed E-state index contributed by atoms with van der Waals surface area (Å²) in [7, 11) is 4.88. The van der Waals surface area contributed by atoms with Gasteiger partial charge in [0.1, 0.15) is 11.5 Å². The van der Waals surface area contributed by atoms with Crippen LogP contribution in [0.15, 0.2) is 18.2 Å². The molecule has 1 N–H and O–H groups in total. The van der Waals surface area contributed by atoms with Crippen molar-refractivity contribution in [1.29, 1.82) is 0 Å². The van der Waals surface area contributed by atoms with Crippen LogP contribution in [0.2, 0.25) is 0 Å². The Morgan fingerprint density at radius 2 is 1.71 bits per heavy atom. The van der Waals surface area contributed by atoms with Crippen molar-refractivity contribution in [3.8, 4) is 11.5 Å². The minimum atomic E-state index is 0.0293. The van der Waals surface area contributed by atoms with Crippen LogP contribution >= 0.6 is 0 Å². The van der Waals surface area contributed by atoms with Crippen molar-refractivity contribution in [1.82, 2.24) is 10.2 Å². The summed E-state index contributed by atoms with van der Waals surface area (Å²) in [6.45, 7) is 1.30. The van der Waals surface area contributed by atoms with Gasteiger partial charge in [-0.05, 0) is 37.0 Å². The molecule has 6 nitrogen and oxygen atoms in total. The number of nitrogens with zero attached hydrogens (tertiary/aromatic N) is 1. The van der Waals surface area contributed by atoms with Crippen LogP contribution in [0.4, 0.5) is 0 Å². The van der Waals surface area contributed by atoms with Gasteiger partial charge in [0.05, 0.1) is 14.2 Å². The summed E-state index contributed by atoms with van der Waals surface area (Å²) in [5.41, 5.74) is 1.01. The number of piperidine rings is 1. The number of hydrogen-bond donors (Lipinski definition) is 1. The molecule has 0 radical (unpaired) electrons. The minimum absolute atomic E-state index is 0.0293. The molecule has 24 heavy (non-hydrogen) atoms. The fourth-order valence-corrected chi connectivity index (χ4v) is 3.02. The zero-order valence-electron chi connectivity index (χ0n) is 14.6. The lowest BCUT2D eigenvalue weighted by atomic mass is 9.95. The first kappa shape index (κ1) is 18.1. The fourth-order valence-electron chi connectivity index (χ4n) is 3.02. The maximum atomic E-state index is 12.4. The number of likely N-dealkylation sites (tertiary alicyclic amines) is 1. The number of methoxy groups -OCH3 is 2. The van der Waals surface area contributed by atoms with Crippen molar-refractivity contribution < 1.29 is 19.1 Å². The number of carbonyl (C=O) groups is 2. The Morgan fingerprint density at radius 3 is 2.21 bits per heavy atom. The van der Waals surface area contributed by atoms with Crippen LogP contribution in [0.5, 0.6) is 11.5 Å². The Balaban J connectivity index is 1.87. The zero-order chi connectivity index (χ0) is 17.5. The molecular weight excluding hydrogens is 308 g/mol. The first-order valence-corrected chi connectivity index (χ1v) is 8.28. The zero-order valence-corrected chi connectivity index (χ0v) is 14.6. The first-order valence-electron chi connectivity index (χ1n) is 8.28. The number of benzene rings is 1. The van der Waals surface area contributed by atoms with Crippen LogP contribution in [-0.2, 0) is 16.0 Å². The largest absolute Gasteiger partial charge is 0.497 e. The van der Waals surface area contributed by atoms with Gasteiger partial charge in [0.15, 0.2) is 0 Å². The quantitative estimate of drug-likeness (QED) is 0.858. The van der Waals surface area contributed by atoms with Crippen molar-refractivity contribution in [3.05, 3.63) is 23.8 Å². The molecule has 1 fully saturated rings. The van der Waals surface area contributed by atoms with E-state index in [9.17, 15) is 9.59 Å². The van der Waals surface area contributed by atoms with Crippen LogP contribution in [0, 0.1) is 5.92 Å². The van der Waals surface area contributed by atoms with Gasteiger partial charge in [-0.25, -0.2) is 0 Å². The van der Waals surface area contributed by atoms with Gasteiger partial charge in [-0.2, -0.15) is 0 Å². The summed E-state index contributed by atoms with van der Waals surface area (Å²) in [4.78, 5) is 25.9. The third-order valence-electron chi connectivity index (χ3n) is 4.50. The second-order valence-electron chi connectivity index (χ2n) is 5.99. The lowest BCUT2D eigenvalue weighted by molar-refractivity contribution is -0.135. The number of ether oxygens (including phenoxy) is 2. The molecule has 132 valence electrons. The maximum Gasteiger partial charge on any atom is 0.222 e. The highest BCUT2D eigenvalue weighted by Gasteiger charge is 2.26. The van der Waals surface area contributed by atoms with E-state index in [1.165, 1.54) is 0 Å². The highest BCUT2D eigenvalue weighted by atomic mass is 16.5. The Morgan fingerprint density at radius 1 is 1.12 bits per heavy atom. The number of nitrogens with one attached hydrogen (secondary N) is 1. The molecule has 2 amide bonds. The summed E-state index contributed by atoms with van der Waals surface area (Å²) >= 11 is 0. The average Bonchev–Trinajstić information content (AvgIpc) is 2.65. The lowest BCUT2D eigenvalue weighted by Gasteiger charge is -2.31. The molecule has 1 aliphatic rings. The van der Waals surface area contributed by atoms with Gasteiger partial charge in [-0.1, -0.05) is 0 Å². The van der Waals surface area contributed by atoms with Crippen molar-refractivity contribution >= 4 is 11.8 Å². The molecule has 0 aliphatic carbocycles. The Labute approximate surface area is 143 Å². The van der Waals surface area contributed by atoms with Crippen LogP contribution in [0.3, 0.4) is 0 Å². The van der Waals surface area contributed by atoms with E-state index in [0.29, 0.717) is 25.9 Å². The van der Waals surface area contributed by atoms with Crippen molar-refractivity contribution in [2.24, 2.45) is 5.92 Å². The average molecular weight is 334 g/mol. The molecule has 2 rings (SSSR count). The molecule has 0 bridgehead atoms. The third kappa shape index (κ3) is 4.63. The van der Waals surface area contributed by atoms with E-state index in [1.807, 2.05) is 23.1 Å². The van der Waals surface area contributed by atoms with Gasteiger partial charge in [0.2, 0.25) is 11.8 Å². The summed E-state index contributed by atoms with van der Waals surface area (Å²) < 4.78 is 10.5. The molecular formula is C18H26N2O4. The second-order valence-corrected chi connectivity index (χ2v) is 5.99. The van der Waals surface area contributed by atoms with Gasteiger partial charge in [0.25, 0.3) is 0 Å². The van der Waals surface area contributed by atoms with Crippen LogP contribution in [0.1, 0.15) is 24.8 Å². The van der Waals surface area contributed by atoms with Crippen molar-refractivity contribution in [2.45, 2.75) is 25.7 Å². The maximum absolute atomic E-state index is 12.4. The van der Waals surface area contributed by atoms with Gasteiger partial charge >= 0.3 is 0 Å². The summed E-state index contributed by atoms with van der Waals surface area (Å²) in [5, 5.41) is 2.68. The SMILES string of the molecule is CNC(=O)C1CCN(C(=O)CCc2cc(OC)cc(OC)c2)CC1. The predicted octanol–water partition coefficient (Wildman–Crippen LogP) is 1.62. The van der Waals surface area contributed by atoms with Gasteiger partial charge < -0.3 is 19.7 Å². The molecule has 1 aromatic carbocycles. The summed E-state index contributed by atoms with van der Waals surface area (Å²) in [6, 6.07) is 5.66. The highest BCUT2D eigenvalue weighted by Crippen LogP contribution is 2.24. The molecule has 6 heteroatoms. The van der Waals surface area contributed by atoms with E-state index in [0.717, 1.165) is 29.9 Å². The van der Waals surface area contributed by atoms with Crippen LogP contribution < -0.4 is 14.8 Å². The predicted molar refractivity (Wildman–Crippen MR) is 91.2 cm³/mol. The van der Waals surface area contributed by atoms with E-state index < -0.39 is 0 Å². The molecule has 0 atom stereocenters. The molecule has 0 saturated carbocycles. The van der Waals surface area contributed by atoms with E-state index >= 15 is 0 Å². The van der Waals surface area contributed by atoms with Gasteiger partial charge in [-0.15, -0.1) is 0 Å². The number of rotatable bonds is 6. The van der Waals surface area contributed by atoms with E-state index in [4.69, 9.17) is 9.47 Å². The molecule has 0 aromatic heterocycles. The molecule has 1 heterocycles. The van der Waals surface area contributed by atoms with E-state index in [1.54, 1.807) is 21.3 Å². The Bertz CT molecular complexity index is 558. The van der Waals surface area contributed by atoms with Crippen molar-refractivity contribution in [3.63, 3.8) is 0 Å². The Kier molecular flexibility index (Phi) is 6.46. The standard InChI is InChI=1S/C18H26N2O4/c1-19-18(22)14-6-8-20(9-7-14)17(21)5-4-13-10-15(23-2)12-16(11-13)24-3/h10-12,14H,4-9H2,1-3H3,(H,19,22). The highest BCUT2D eigenvalue weighted by molar-refractivity contribution is 5.80. The molecule has 0 spiro atoms. The summed E-state index contributed by atoms with van der Waals surface area (Å²) in [5.74, 6) is 1.69. The number of carbonyl (C=O) groups excluding carboxylic acids is 2. The first-order chi connectivity index (χ1) is 11.6. The number of aryl methyl sites for hydroxylation is 1. The van der Waals surface area contributed by atoms with Gasteiger partial charge in [0, 0.05) is 38.5 Å². The molecule has 0 unspecified atom stereocenters. The van der Waals surface area contributed by atoms with E-state index in [2.05, 4.69) is 5.32 Å². The molecule has 1 aliphatic heterocycles. The van der Waals surface area contributed by atoms with Crippen LogP contribution in [-0.4, -0.2) is 51.1 Å².